The van der Waals surface area contributed by atoms with Crippen LogP contribution >= 0.6 is 0 Å². The van der Waals surface area contributed by atoms with Crippen molar-refractivity contribution in [3.8, 4) is 0 Å². The zero-order valence-electron chi connectivity index (χ0n) is 14.8. The van der Waals surface area contributed by atoms with Gasteiger partial charge in [-0.25, -0.2) is 8.42 Å². The summed E-state index contributed by atoms with van der Waals surface area (Å²) in [7, 11) is -0.0718. The second-order valence-corrected chi connectivity index (χ2v) is 9.55. The van der Waals surface area contributed by atoms with Gasteiger partial charge >= 0.3 is 5.97 Å². The number of rotatable bonds is 4. The third-order valence-electron chi connectivity index (χ3n) is 4.13. The van der Waals surface area contributed by atoms with E-state index in [1.54, 1.807) is 27.8 Å². The normalized spacial score (nSPS) is 18.0. The number of nitrogens with one attached hydrogen (secondary N) is 1. The van der Waals surface area contributed by atoms with Crippen LogP contribution in [0.2, 0.25) is 0 Å². The average molecular weight is 347 g/mol. The molecule has 23 heavy (non-hydrogen) atoms. The number of ether oxygens (including phenoxy) is 1. The maximum absolute atomic E-state index is 12.1. The van der Waals surface area contributed by atoms with Gasteiger partial charge in [0.2, 0.25) is 0 Å². The van der Waals surface area contributed by atoms with Gasteiger partial charge in [0.25, 0.3) is 0 Å². The van der Waals surface area contributed by atoms with Crippen molar-refractivity contribution in [1.82, 2.24) is 10.2 Å². The van der Waals surface area contributed by atoms with Crippen molar-refractivity contribution in [3.05, 3.63) is 0 Å². The molecule has 1 rings (SSSR count). The third-order valence-corrected chi connectivity index (χ3v) is 6.74. The molecule has 0 radical (unpaired) electrons. The molecule has 1 aliphatic heterocycles. The molecule has 1 heterocycles. The monoisotopic (exact) mass is 347 g/mol. The highest BCUT2D eigenvalue weighted by Crippen LogP contribution is 2.18. The topological polar surface area (TPSA) is 88.1 Å². The Kier molecular flexibility index (Phi) is 6.85. The van der Waals surface area contributed by atoms with Gasteiger partial charge in [0.15, 0.2) is 15.8 Å². The van der Waals surface area contributed by atoms with Gasteiger partial charge in [0, 0.05) is 26.7 Å². The van der Waals surface area contributed by atoms with E-state index in [1.165, 1.54) is 7.11 Å². The number of guanidine groups is 1. The second kappa shape index (κ2) is 7.99. The molecule has 0 saturated carbocycles. The van der Waals surface area contributed by atoms with Crippen LogP contribution in [0.1, 0.15) is 33.6 Å². The van der Waals surface area contributed by atoms with Crippen molar-refractivity contribution in [2.45, 2.75) is 38.4 Å². The summed E-state index contributed by atoms with van der Waals surface area (Å²) in [6.07, 6.45) is 1.43. The fourth-order valence-electron chi connectivity index (χ4n) is 2.43. The molecule has 0 unspecified atom stereocenters. The Morgan fingerprint density at radius 1 is 1.30 bits per heavy atom. The van der Waals surface area contributed by atoms with Crippen LogP contribution in [0.3, 0.4) is 0 Å². The van der Waals surface area contributed by atoms with Crippen LogP contribution in [0.25, 0.3) is 0 Å². The highest BCUT2D eigenvalue weighted by Gasteiger charge is 2.29. The van der Waals surface area contributed by atoms with Gasteiger partial charge in [-0.05, 0) is 33.6 Å². The smallest absolute Gasteiger partial charge is 0.308 e. The van der Waals surface area contributed by atoms with E-state index in [-0.39, 0.29) is 17.6 Å². The lowest BCUT2D eigenvalue weighted by Gasteiger charge is -2.33. The van der Waals surface area contributed by atoms with E-state index in [0.717, 1.165) is 0 Å². The molecule has 0 aromatic heterocycles. The molecule has 1 N–H and O–H groups in total. The quantitative estimate of drug-likeness (QED) is 0.457. The first kappa shape index (κ1) is 19.7. The first-order chi connectivity index (χ1) is 10.6. The molecule has 7 nitrogen and oxygen atoms in total. The second-order valence-electron chi connectivity index (χ2n) is 6.69. The fourth-order valence-corrected chi connectivity index (χ4v) is 3.41. The lowest BCUT2D eigenvalue weighted by atomic mass is 9.97. The molecule has 0 aliphatic carbocycles. The molecule has 1 aliphatic rings. The van der Waals surface area contributed by atoms with E-state index >= 15 is 0 Å². The molecule has 0 amide bonds. The number of hydrogen-bond acceptors (Lipinski definition) is 5. The number of aliphatic imine (C=N–C) groups is 1. The summed E-state index contributed by atoms with van der Waals surface area (Å²) < 4.78 is 28.2. The van der Waals surface area contributed by atoms with Gasteiger partial charge in [-0.2, -0.15) is 0 Å². The zero-order chi connectivity index (χ0) is 17.7. The Bertz CT molecular complexity index is 529. The van der Waals surface area contributed by atoms with Crippen LogP contribution in [-0.4, -0.2) is 69.5 Å². The van der Waals surface area contributed by atoms with Crippen LogP contribution in [-0.2, 0) is 19.4 Å². The van der Waals surface area contributed by atoms with Gasteiger partial charge in [0.05, 0.1) is 23.5 Å². The number of piperidine rings is 1. The number of sulfone groups is 1. The van der Waals surface area contributed by atoms with Gasteiger partial charge in [-0.15, -0.1) is 0 Å². The van der Waals surface area contributed by atoms with Crippen molar-refractivity contribution in [2.75, 3.05) is 39.5 Å². The predicted octanol–water partition coefficient (Wildman–Crippen LogP) is 0.660. The number of hydrogen-bond donors (Lipinski definition) is 1. The molecule has 0 aromatic carbocycles. The Morgan fingerprint density at radius 2 is 1.87 bits per heavy atom. The van der Waals surface area contributed by atoms with Crippen molar-refractivity contribution in [1.29, 1.82) is 0 Å². The molecule has 1 saturated heterocycles. The Hall–Kier alpha value is -1.31. The van der Waals surface area contributed by atoms with Crippen molar-refractivity contribution < 1.29 is 17.9 Å². The summed E-state index contributed by atoms with van der Waals surface area (Å²) in [4.78, 5) is 17.8. The number of nitrogens with zero attached hydrogens (tertiary/aromatic N) is 2. The third kappa shape index (κ3) is 5.37. The van der Waals surface area contributed by atoms with E-state index < -0.39 is 14.6 Å². The first-order valence-corrected chi connectivity index (χ1v) is 9.53. The van der Waals surface area contributed by atoms with Gasteiger partial charge in [0.1, 0.15) is 0 Å². The number of esters is 1. The summed E-state index contributed by atoms with van der Waals surface area (Å²) in [6.45, 7) is 6.83. The van der Waals surface area contributed by atoms with Crippen LogP contribution in [0.4, 0.5) is 0 Å². The van der Waals surface area contributed by atoms with Crippen molar-refractivity contribution >= 4 is 21.8 Å². The standard InChI is InChI=1S/C15H29N3O4S/c1-15(2,3)23(20,21)11-8-17-14(16-4)18-9-6-12(7-10-18)13(19)22-5/h12H,6-11H2,1-5H3,(H,16,17). The fraction of sp³-hybridized carbons (Fsp3) is 0.867. The number of methoxy groups -OCH3 is 1. The minimum absolute atomic E-state index is 0.0596. The Balaban J connectivity index is 2.50. The van der Waals surface area contributed by atoms with E-state index in [0.29, 0.717) is 38.4 Å². The molecular weight excluding hydrogens is 318 g/mol. The predicted molar refractivity (Wildman–Crippen MR) is 91.2 cm³/mol. The van der Waals surface area contributed by atoms with Crippen LogP contribution in [0.5, 0.6) is 0 Å². The lowest BCUT2D eigenvalue weighted by molar-refractivity contribution is -0.146. The minimum Gasteiger partial charge on any atom is -0.469 e. The lowest BCUT2D eigenvalue weighted by Crippen LogP contribution is -2.48. The van der Waals surface area contributed by atoms with Gasteiger partial charge < -0.3 is 15.0 Å². The molecule has 0 bridgehead atoms. The van der Waals surface area contributed by atoms with Gasteiger partial charge in [-0.3, -0.25) is 9.79 Å². The van der Waals surface area contributed by atoms with Gasteiger partial charge in [-0.1, -0.05) is 0 Å². The SMILES string of the molecule is CN=C(NCCS(=O)(=O)C(C)(C)C)N1CCC(C(=O)OC)CC1. The van der Waals surface area contributed by atoms with Crippen LogP contribution in [0, 0.1) is 5.92 Å². The number of likely N-dealkylation sites (tertiary alicyclic amines) is 1. The highest BCUT2D eigenvalue weighted by molar-refractivity contribution is 7.92. The molecular formula is C15H29N3O4S. The molecule has 0 spiro atoms. The minimum atomic E-state index is -3.15. The largest absolute Gasteiger partial charge is 0.469 e. The summed E-state index contributed by atoms with van der Waals surface area (Å²) in [5.74, 6) is 0.519. The molecule has 0 aromatic rings. The Morgan fingerprint density at radius 3 is 2.30 bits per heavy atom. The van der Waals surface area contributed by atoms with Crippen molar-refractivity contribution in [2.24, 2.45) is 10.9 Å². The molecule has 0 atom stereocenters. The maximum Gasteiger partial charge on any atom is 0.308 e. The number of carbonyl (C=O) groups excluding carboxylic acids is 1. The van der Waals surface area contributed by atoms with Crippen LogP contribution < -0.4 is 5.32 Å². The zero-order valence-corrected chi connectivity index (χ0v) is 15.6. The van der Waals surface area contributed by atoms with Crippen LogP contribution in [0.15, 0.2) is 4.99 Å². The molecule has 8 heteroatoms. The van der Waals surface area contributed by atoms with E-state index in [4.69, 9.17) is 4.74 Å². The highest BCUT2D eigenvalue weighted by atomic mass is 32.2. The maximum atomic E-state index is 12.1. The van der Waals surface area contributed by atoms with E-state index in [9.17, 15) is 13.2 Å². The number of carbonyl (C=O) groups is 1. The van der Waals surface area contributed by atoms with E-state index in [2.05, 4.69) is 10.3 Å². The Labute approximate surface area is 139 Å². The first-order valence-electron chi connectivity index (χ1n) is 7.88. The summed E-state index contributed by atoms with van der Waals surface area (Å²) in [5.41, 5.74) is 0. The summed E-state index contributed by atoms with van der Waals surface area (Å²) in [6, 6.07) is 0. The average Bonchev–Trinajstić information content (AvgIpc) is 2.50. The molecule has 134 valence electrons. The summed E-state index contributed by atoms with van der Waals surface area (Å²) >= 11 is 0. The summed E-state index contributed by atoms with van der Waals surface area (Å²) in [5, 5.41) is 3.11. The van der Waals surface area contributed by atoms with E-state index in [1.807, 2.05) is 4.90 Å². The molecule has 1 fully saturated rings. The van der Waals surface area contributed by atoms with Crippen molar-refractivity contribution in [3.63, 3.8) is 0 Å².